The number of hydrogen-bond acceptors (Lipinski definition) is 6. The summed E-state index contributed by atoms with van der Waals surface area (Å²) in [5, 5.41) is 12.9. The van der Waals surface area contributed by atoms with Gasteiger partial charge in [-0.25, -0.2) is 4.79 Å². The van der Waals surface area contributed by atoms with Crippen LogP contribution >= 0.6 is 0 Å². The summed E-state index contributed by atoms with van der Waals surface area (Å²) in [7, 11) is 0. The monoisotopic (exact) mass is 600 g/mol. The minimum absolute atomic E-state index is 0.0275. The molecule has 10 nitrogen and oxygen atoms in total. The Morgan fingerprint density at radius 3 is 2.32 bits per heavy atom. The van der Waals surface area contributed by atoms with Crippen molar-refractivity contribution in [2.75, 3.05) is 6.54 Å². The van der Waals surface area contributed by atoms with E-state index in [9.17, 15) is 24.0 Å². The van der Waals surface area contributed by atoms with Crippen LogP contribution < -0.4 is 21.3 Å². The Morgan fingerprint density at radius 1 is 0.909 bits per heavy atom. The molecule has 0 radical (unpaired) electrons. The minimum atomic E-state index is -1.06. The van der Waals surface area contributed by atoms with Gasteiger partial charge in [0.05, 0.1) is 6.04 Å². The van der Waals surface area contributed by atoms with Crippen LogP contribution in [0.5, 0.6) is 0 Å². The van der Waals surface area contributed by atoms with Gasteiger partial charge < -0.3 is 30.8 Å². The van der Waals surface area contributed by atoms with E-state index in [0.717, 1.165) is 21.9 Å². The van der Waals surface area contributed by atoms with Crippen LogP contribution in [-0.2, 0) is 36.9 Å². The van der Waals surface area contributed by atoms with Crippen LogP contribution in [-0.4, -0.2) is 54.8 Å². The molecule has 1 aliphatic heterocycles. The van der Waals surface area contributed by atoms with E-state index in [1.54, 1.807) is 0 Å². The molecule has 0 bridgehead atoms. The second-order valence-electron chi connectivity index (χ2n) is 11.6. The smallest absolute Gasteiger partial charge is 0.408 e. The second-order valence-corrected chi connectivity index (χ2v) is 11.6. The molecule has 0 spiro atoms. The van der Waals surface area contributed by atoms with Crippen molar-refractivity contribution in [1.82, 2.24) is 21.3 Å². The first-order valence-electron chi connectivity index (χ1n) is 15.0. The number of fused-ring (bicyclic) bond motifs is 1. The van der Waals surface area contributed by atoms with Crippen LogP contribution in [0.1, 0.15) is 44.2 Å². The van der Waals surface area contributed by atoms with Gasteiger partial charge >= 0.3 is 6.09 Å². The van der Waals surface area contributed by atoms with Gasteiger partial charge in [0.25, 0.3) is 0 Å². The topological polar surface area (TPSA) is 143 Å². The van der Waals surface area contributed by atoms with Gasteiger partial charge in [-0.1, -0.05) is 86.6 Å². The lowest BCUT2D eigenvalue weighted by Gasteiger charge is -2.26. The van der Waals surface area contributed by atoms with Gasteiger partial charge in [0.1, 0.15) is 25.0 Å². The highest BCUT2D eigenvalue weighted by Gasteiger charge is 2.32. The molecule has 1 aliphatic rings. The predicted octanol–water partition coefficient (Wildman–Crippen LogP) is 3.42. The molecule has 4 amide bonds. The number of carbonyl (C=O) groups excluding carboxylic acids is 5. The summed E-state index contributed by atoms with van der Waals surface area (Å²) in [4.78, 5) is 63.9. The highest BCUT2D eigenvalue weighted by molar-refractivity contribution is 5.93. The van der Waals surface area contributed by atoms with Crippen molar-refractivity contribution >= 4 is 40.9 Å². The first-order valence-corrected chi connectivity index (χ1v) is 15.0. The first-order chi connectivity index (χ1) is 21.2. The van der Waals surface area contributed by atoms with E-state index in [2.05, 4.69) is 21.3 Å². The molecule has 1 heterocycles. The van der Waals surface area contributed by atoms with Crippen LogP contribution in [0, 0.1) is 11.8 Å². The molecule has 1 fully saturated rings. The van der Waals surface area contributed by atoms with Gasteiger partial charge in [0, 0.05) is 18.9 Å². The minimum Gasteiger partial charge on any atom is -0.445 e. The largest absolute Gasteiger partial charge is 0.445 e. The van der Waals surface area contributed by atoms with Crippen LogP contribution in [0.25, 0.3) is 10.8 Å². The molecular formula is C34H40N4O6. The molecule has 4 N–H and O–H groups in total. The third-order valence-corrected chi connectivity index (χ3v) is 7.66. The third-order valence-electron chi connectivity index (χ3n) is 7.66. The number of alkyl carbamates (subject to hydrolysis) is 1. The normalized spacial score (nSPS) is 16.4. The van der Waals surface area contributed by atoms with Gasteiger partial charge in [-0.15, -0.1) is 0 Å². The fourth-order valence-electron chi connectivity index (χ4n) is 5.39. The lowest BCUT2D eigenvalue weighted by molar-refractivity contribution is -0.131. The van der Waals surface area contributed by atoms with Gasteiger partial charge in [-0.2, -0.15) is 0 Å². The van der Waals surface area contributed by atoms with Gasteiger partial charge in [-0.3, -0.25) is 14.4 Å². The Kier molecular flexibility index (Phi) is 11.5. The summed E-state index contributed by atoms with van der Waals surface area (Å²) < 4.78 is 5.41. The van der Waals surface area contributed by atoms with Crippen molar-refractivity contribution in [1.29, 1.82) is 0 Å². The Bertz CT molecular complexity index is 1460. The van der Waals surface area contributed by atoms with Crippen molar-refractivity contribution in [3.8, 4) is 0 Å². The molecule has 4 atom stereocenters. The number of amides is 4. The first kappa shape index (κ1) is 32.2. The summed E-state index contributed by atoms with van der Waals surface area (Å²) >= 11 is 0. The Labute approximate surface area is 257 Å². The van der Waals surface area contributed by atoms with Crippen LogP contribution in [0.4, 0.5) is 4.79 Å². The maximum atomic E-state index is 13.8. The van der Waals surface area contributed by atoms with Crippen molar-refractivity contribution < 1.29 is 28.7 Å². The molecule has 0 unspecified atom stereocenters. The Balaban J connectivity index is 1.50. The van der Waals surface area contributed by atoms with Gasteiger partial charge in [0.15, 0.2) is 0 Å². The molecule has 4 rings (SSSR count). The second kappa shape index (κ2) is 15.7. The molecule has 0 saturated carbocycles. The molecule has 0 aromatic heterocycles. The molecule has 232 valence electrons. The standard InChI is InChI=1S/C34H40N4O6/c1-22(2)17-29(32(41)36-27(20-39)18-26-15-16-35-31(26)40)37-33(42)30(38-34(43)44-21-23-9-4-3-5-10-23)19-25-13-8-12-24-11-6-7-14-28(24)25/h3-14,20,22,26-27,29-30H,15-19,21H2,1-2H3,(H,35,40)(H,36,41)(H,37,42)(H,38,43)/t26-,27-,29-,30-/m0/s1. The Hall–Kier alpha value is -4.73. The molecule has 44 heavy (non-hydrogen) atoms. The summed E-state index contributed by atoms with van der Waals surface area (Å²) in [6.07, 6.45) is 1.07. The average molecular weight is 601 g/mol. The molecule has 10 heteroatoms. The van der Waals surface area contributed by atoms with Crippen molar-refractivity contribution in [3.05, 3.63) is 83.9 Å². The zero-order valence-corrected chi connectivity index (χ0v) is 25.1. The fourth-order valence-corrected chi connectivity index (χ4v) is 5.39. The summed E-state index contributed by atoms with van der Waals surface area (Å²) in [5.41, 5.74) is 1.64. The quantitative estimate of drug-likeness (QED) is 0.209. The average Bonchev–Trinajstić information content (AvgIpc) is 3.43. The SMILES string of the molecule is CC(C)C[C@H](NC(=O)[C@H](Cc1cccc2ccccc12)NC(=O)OCc1ccccc1)C(=O)N[C@H](C=O)C[C@@H]1CCNC1=O. The van der Waals surface area contributed by atoms with Gasteiger partial charge in [-0.05, 0) is 47.1 Å². The summed E-state index contributed by atoms with van der Waals surface area (Å²) in [5.74, 6) is -1.56. The molecule has 3 aromatic carbocycles. The van der Waals surface area contributed by atoms with Crippen LogP contribution in [0.15, 0.2) is 72.8 Å². The van der Waals surface area contributed by atoms with Crippen molar-refractivity contribution in [2.45, 2.75) is 64.3 Å². The number of rotatable bonds is 14. The van der Waals surface area contributed by atoms with E-state index < -0.39 is 36.0 Å². The number of nitrogens with one attached hydrogen (secondary N) is 4. The summed E-state index contributed by atoms with van der Waals surface area (Å²) in [6, 6.07) is 19.8. The molecule has 3 aromatic rings. The lowest BCUT2D eigenvalue weighted by atomic mass is 9.97. The number of hydrogen-bond donors (Lipinski definition) is 4. The number of aldehydes is 1. The highest BCUT2D eigenvalue weighted by atomic mass is 16.5. The van der Waals surface area contributed by atoms with Crippen LogP contribution in [0.2, 0.25) is 0 Å². The van der Waals surface area contributed by atoms with Crippen molar-refractivity contribution in [3.63, 3.8) is 0 Å². The van der Waals surface area contributed by atoms with E-state index in [-0.39, 0.29) is 37.2 Å². The third kappa shape index (κ3) is 9.13. The zero-order valence-electron chi connectivity index (χ0n) is 25.1. The highest BCUT2D eigenvalue weighted by Crippen LogP contribution is 2.21. The van der Waals surface area contributed by atoms with Crippen molar-refractivity contribution in [2.24, 2.45) is 11.8 Å². The maximum Gasteiger partial charge on any atom is 0.408 e. The number of ether oxygens (including phenoxy) is 1. The molecular weight excluding hydrogens is 560 g/mol. The van der Waals surface area contributed by atoms with E-state index >= 15 is 0 Å². The van der Waals surface area contributed by atoms with Crippen LogP contribution in [0.3, 0.4) is 0 Å². The van der Waals surface area contributed by atoms with E-state index in [1.807, 2.05) is 86.6 Å². The predicted molar refractivity (Wildman–Crippen MR) is 166 cm³/mol. The number of carbonyl (C=O) groups is 5. The lowest BCUT2D eigenvalue weighted by Crippen LogP contribution is -2.56. The number of benzene rings is 3. The van der Waals surface area contributed by atoms with E-state index in [1.165, 1.54) is 0 Å². The van der Waals surface area contributed by atoms with Gasteiger partial charge in [0.2, 0.25) is 17.7 Å². The zero-order chi connectivity index (χ0) is 31.5. The molecule has 0 aliphatic carbocycles. The maximum absolute atomic E-state index is 13.8. The van der Waals surface area contributed by atoms with E-state index in [0.29, 0.717) is 25.7 Å². The molecule has 1 saturated heterocycles. The summed E-state index contributed by atoms with van der Waals surface area (Å²) in [6.45, 7) is 4.40. The van der Waals surface area contributed by atoms with E-state index in [4.69, 9.17) is 4.74 Å². The fraction of sp³-hybridized carbons (Fsp3) is 0.382. The Morgan fingerprint density at radius 2 is 1.61 bits per heavy atom.